The van der Waals surface area contributed by atoms with Crippen LogP contribution in [0.2, 0.25) is 0 Å². The molecular weight excluding hydrogens is 539 g/mol. The van der Waals surface area contributed by atoms with Crippen molar-refractivity contribution in [3.8, 4) is 16.9 Å². The molecule has 4 aromatic rings. The van der Waals surface area contributed by atoms with Gasteiger partial charge in [0.25, 0.3) is 0 Å². The first kappa shape index (κ1) is 28.0. The van der Waals surface area contributed by atoms with Crippen molar-refractivity contribution in [2.45, 2.75) is 32.3 Å². The molecule has 210 valence electrons. The first-order chi connectivity index (χ1) is 19.6. The molecule has 5 rings (SSSR count). The maximum atomic E-state index is 14.6. The third-order valence-electron chi connectivity index (χ3n) is 6.94. The molecule has 0 bridgehead atoms. The van der Waals surface area contributed by atoms with E-state index >= 15 is 0 Å². The van der Waals surface area contributed by atoms with Gasteiger partial charge in [0, 0.05) is 18.7 Å². The van der Waals surface area contributed by atoms with Crippen LogP contribution in [0.5, 0.6) is 5.75 Å². The minimum Gasteiger partial charge on any atom is -0.406 e. The summed E-state index contributed by atoms with van der Waals surface area (Å²) in [6.45, 7) is 2.26. The van der Waals surface area contributed by atoms with Crippen LogP contribution in [0.25, 0.3) is 11.1 Å². The Labute approximate surface area is 233 Å². The van der Waals surface area contributed by atoms with Crippen LogP contribution in [0.15, 0.2) is 96.0 Å². The molecule has 2 unspecified atom stereocenters. The van der Waals surface area contributed by atoms with E-state index in [-0.39, 0.29) is 29.4 Å². The van der Waals surface area contributed by atoms with Gasteiger partial charge in [0.1, 0.15) is 17.4 Å². The van der Waals surface area contributed by atoms with Gasteiger partial charge in [-0.2, -0.15) is 0 Å². The highest BCUT2D eigenvalue weighted by Crippen LogP contribution is 2.38. The summed E-state index contributed by atoms with van der Waals surface area (Å²) in [5.74, 6) is -2.84. The number of nitrogens with one attached hydrogen (secondary N) is 1. The molecule has 1 aliphatic rings. The quantitative estimate of drug-likeness (QED) is 0.234. The molecule has 0 fully saturated rings. The van der Waals surface area contributed by atoms with E-state index in [0.717, 1.165) is 28.8 Å². The van der Waals surface area contributed by atoms with Crippen LogP contribution >= 0.6 is 0 Å². The second-order valence-electron chi connectivity index (χ2n) is 9.83. The summed E-state index contributed by atoms with van der Waals surface area (Å²) in [5, 5.41) is 2.93. The van der Waals surface area contributed by atoms with Gasteiger partial charge in [-0.1, -0.05) is 72.3 Å². The molecule has 1 N–H and O–H groups in total. The highest BCUT2D eigenvalue weighted by molar-refractivity contribution is 6.05. The number of rotatable bonds is 7. The van der Waals surface area contributed by atoms with E-state index < -0.39 is 30.0 Å². The fraction of sp³-hybridized carbons (Fsp3) is 0.188. The van der Waals surface area contributed by atoms with Crippen molar-refractivity contribution in [3.05, 3.63) is 125 Å². The molecule has 1 amide bonds. The lowest BCUT2D eigenvalue weighted by molar-refractivity contribution is -0.274. The minimum absolute atomic E-state index is 0.0463. The average molecular weight is 565 g/mol. The zero-order valence-corrected chi connectivity index (χ0v) is 21.9. The molecule has 1 heterocycles. The molecule has 0 radical (unpaired) electrons. The van der Waals surface area contributed by atoms with Crippen LogP contribution < -0.4 is 10.1 Å². The van der Waals surface area contributed by atoms with E-state index in [2.05, 4.69) is 15.0 Å². The fourth-order valence-electron chi connectivity index (χ4n) is 4.86. The molecule has 41 heavy (non-hydrogen) atoms. The van der Waals surface area contributed by atoms with E-state index in [4.69, 9.17) is 0 Å². The van der Waals surface area contributed by atoms with Crippen molar-refractivity contribution in [3.63, 3.8) is 0 Å². The third kappa shape index (κ3) is 6.62. The lowest BCUT2D eigenvalue weighted by Gasteiger charge is -2.19. The Morgan fingerprint density at radius 3 is 2.05 bits per heavy atom. The number of aryl methyl sites for hydroxylation is 1. The SMILES string of the molecule is Cc1ccc(CNC(=O)C2CC(c3c(F)cccc3F)=NC2c2ccc(-c3ccc(OC(F)(F)F)cc3)cc2)cc1. The Hall–Kier alpha value is -4.53. The molecular formula is C32H25F5N2O2. The van der Waals surface area contributed by atoms with E-state index in [0.29, 0.717) is 17.7 Å². The number of alkyl halides is 3. The smallest absolute Gasteiger partial charge is 0.406 e. The molecule has 0 saturated carbocycles. The molecule has 0 aliphatic carbocycles. The van der Waals surface area contributed by atoms with E-state index in [1.54, 1.807) is 24.3 Å². The monoisotopic (exact) mass is 564 g/mol. The maximum Gasteiger partial charge on any atom is 0.573 e. The van der Waals surface area contributed by atoms with Crippen molar-refractivity contribution >= 4 is 11.6 Å². The number of amides is 1. The number of hydrogen-bond acceptors (Lipinski definition) is 3. The molecule has 4 nitrogen and oxygen atoms in total. The number of nitrogens with zero attached hydrogens (tertiary/aromatic N) is 1. The largest absolute Gasteiger partial charge is 0.573 e. The number of benzene rings is 4. The van der Waals surface area contributed by atoms with Crippen LogP contribution in [0.1, 0.15) is 34.7 Å². The molecule has 0 spiro atoms. The predicted molar refractivity (Wildman–Crippen MR) is 145 cm³/mol. The molecule has 2 atom stereocenters. The topological polar surface area (TPSA) is 50.7 Å². The minimum atomic E-state index is -4.78. The first-order valence-corrected chi connectivity index (χ1v) is 12.9. The second kappa shape index (κ2) is 11.5. The van der Waals surface area contributed by atoms with Crippen LogP contribution in [0, 0.1) is 24.5 Å². The Balaban J connectivity index is 1.40. The Morgan fingerprint density at radius 1 is 0.878 bits per heavy atom. The zero-order valence-electron chi connectivity index (χ0n) is 21.9. The van der Waals surface area contributed by atoms with E-state index in [9.17, 15) is 26.7 Å². The molecule has 0 aromatic heterocycles. The fourth-order valence-corrected chi connectivity index (χ4v) is 4.86. The van der Waals surface area contributed by atoms with Crippen molar-refractivity contribution in [2.24, 2.45) is 10.9 Å². The number of ether oxygens (including phenoxy) is 1. The van der Waals surface area contributed by atoms with Gasteiger partial charge in [-0.15, -0.1) is 13.2 Å². The average Bonchev–Trinajstić information content (AvgIpc) is 3.37. The van der Waals surface area contributed by atoms with Gasteiger partial charge in [-0.05, 0) is 53.4 Å². The number of carbonyl (C=O) groups is 1. The lowest BCUT2D eigenvalue weighted by Crippen LogP contribution is -2.32. The Bertz CT molecular complexity index is 1540. The van der Waals surface area contributed by atoms with Gasteiger partial charge in [0.15, 0.2) is 0 Å². The highest BCUT2D eigenvalue weighted by atomic mass is 19.4. The molecule has 9 heteroatoms. The normalized spacial score (nSPS) is 16.8. The third-order valence-corrected chi connectivity index (χ3v) is 6.94. The van der Waals surface area contributed by atoms with Crippen molar-refractivity contribution < 1.29 is 31.5 Å². The van der Waals surface area contributed by atoms with Gasteiger partial charge < -0.3 is 10.1 Å². The molecule has 1 aliphatic heterocycles. The number of aliphatic imine (C=N–C) groups is 1. The number of carbonyl (C=O) groups excluding carboxylic acids is 1. The van der Waals surface area contributed by atoms with Crippen LogP contribution in [-0.2, 0) is 11.3 Å². The Morgan fingerprint density at radius 2 is 1.46 bits per heavy atom. The van der Waals surface area contributed by atoms with E-state index in [1.807, 2.05) is 31.2 Å². The summed E-state index contributed by atoms with van der Waals surface area (Å²) < 4.78 is 70.6. The van der Waals surface area contributed by atoms with Crippen LogP contribution in [-0.4, -0.2) is 18.0 Å². The molecule has 0 saturated heterocycles. The number of hydrogen-bond donors (Lipinski definition) is 1. The Kier molecular flexibility index (Phi) is 7.88. The maximum absolute atomic E-state index is 14.6. The summed E-state index contributed by atoms with van der Waals surface area (Å²) in [7, 11) is 0. The van der Waals surface area contributed by atoms with Crippen LogP contribution in [0.4, 0.5) is 22.0 Å². The second-order valence-corrected chi connectivity index (χ2v) is 9.83. The van der Waals surface area contributed by atoms with Crippen molar-refractivity contribution in [2.75, 3.05) is 0 Å². The van der Waals surface area contributed by atoms with Gasteiger partial charge >= 0.3 is 6.36 Å². The summed E-state index contributed by atoms with van der Waals surface area (Å²) in [6, 6.07) is 23.1. The molecule has 4 aromatic carbocycles. The number of halogens is 5. The summed E-state index contributed by atoms with van der Waals surface area (Å²) in [6.07, 6.45) is -4.73. The van der Waals surface area contributed by atoms with Crippen molar-refractivity contribution in [1.29, 1.82) is 0 Å². The summed E-state index contributed by atoms with van der Waals surface area (Å²) in [5.41, 5.74) is 3.96. The summed E-state index contributed by atoms with van der Waals surface area (Å²) >= 11 is 0. The van der Waals surface area contributed by atoms with Gasteiger partial charge in [-0.25, -0.2) is 8.78 Å². The van der Waals surface area contributed by atoms with Gasteiger partial charge in [0.2, 0.25) is 5.91 Å². The standard InChI is InChI=1S/C32H25F5N2O2/c1-19-5-7-20(8-6-19)18-38-31(40)25-17-28(29-26(33)3-2-4-27(29)34)39-30(25)23-11-9-21(10-12-23)22-13-15-24(16-14-22)41-32(35,36)37/h2-16,25,30H,17-18H2,1H3,(H,38,40). The summed E-state index contributed by atoms with van der Waals surface area (Å²) in [4.78, 5) is 18.0. The first-order valence-electron chi connectivity index (χ1n) is 12.9. The van der Waals surface area contributed by atoms with Gasteiger partial charge in [-0.3, -0.25) is 9.79 Å². The van der Waals surface area contributed by atoms with Crippen molar-refractivity contribution in [1.82, 2.24) is 5.32 Å². The van der Waals surface area contributed by atoms with E-state index in [1.165, 1.54) is 30.3 Å². The van der Waals surface area contributed by atoms with Crippen LogP contribution in [0.3, 0.4) is 0 Å². The lowest BCUT2D eigenvalue weighted by atomic mass is 9.89. The van der Waals surface area contributed by atoms with Gasteiger partial charge in [0.05, 0.1) is 17.5 Å². The highest BCUT2D eigenvalue weighted by Gasteiger charge is 2.37. The predicted octanol–water partition coefficient (Wildman–Crippen LogP) is 7.71. The zero-order chi connectivity index (χ0) is 29.1.